The molecule has 1 aliphatic carbocycles. The van der Waals surface area contributed by atoms with Crippen LogP contribution in [0.2, 0.25) is 0 Å². The average Bonchev–Trinajstić information content (AvgIpc) is 3.40. The first-order valence-corrected chi connectivity index (χ1v) is 9.68. The van der Waals surface area contributed by atoms with Crippen LogP contribution in [0.4, 0.5) is 0 Å². The van der Waals surface area contributed by atoms with E-state index in [4.69, 9.17) is 0 Å². The Balaban J connectivity index is 1.67. The minimum Gasteiger partial charge on any atom is -0.350 e. The second-order valence-electron chi connectivity index (χ2n) is 7.74. The first-order chi connectivity index (χ1) is 13.1. The van der Waals surface area contributed by atoms with Crippen molar-refractivity contribution in [3.63, 3.8) is 0 Å². The van der Waals surface area contributed by atoms with Crippen molar-refractivity contribution in [3.8, 4) is 0 Å². The van der Waals surface area contributed by atoms with Gasteiger partial charge in [-0.3, -0.25) is 14.6 Å². The minimum atomic E-state index is -0.0775. The van der Waals surface area contributed by atoms with Gasteiger partial charge in [0.25, 0.3) is 0 Å². The second-order valence-corrected chi connectivity index (χ2v) is 7.74. The summed E-state index contributed by atoms with van der Waals surface area (Å²) in [6.45, 7) is 5.21. The van der Waals surface area contributed by atoms with Gasteiger partial charge in [0, 0.05) is 49.5 Å². The Morgan fingerprint density at radius 1 is 1.04 bits per heavy atom. The zero-order valence-electron chi connectivity index (χ0n) is 16.1. The third kappa shape index (κ3) is 3.59. The number of carbonyl (C=O) groups is 2. The zero-order chi connectivity index (χ0) is 19.0. The third-order valence-corrected chi connectivity index (χ3v) is 5.40. The molecule has 4 rings (SSSR count). The van der Waals surface area contributed by atoms with Crippen molar-refractivity contribution in [1.82, 2.24) is 19.4 Å². The SMILES string of the molecule is CN(C)CCCn1cc2c(c1CCCN1CC1)C(=O)c1ccncc1C2=O. The number of aryl methyl sites for hydroxylation is 1. The normalized spacial score (nSPS) is 16.0. The Morgan fingerprint density at radius 3 is 2.59 bits per heavy atom. The molecule has 0 aromatic carbocycles. The maximum Gasteiger partial charge on any atom is 0.197 e. The largest absolute Gasteiger partial charge is 0.350 e. The van der Waals surface area contributed by atoms with Crippen molar-refractivity contribution >= 4 is 11.6 Å². The molecule has 0 atom stereocenters. The van der Waals surface area contributed by atoms with Crippen molar-refractivity contribution in [2.24, 2.45) is 0 Å². The fraction of sp³-hybridized carbons (Fsp3) is 0.476. The molecule has 2 aromatic heterocycles. The maximum absolute atomic E-state index is 13.2. The summed E-state index contributed by atoms with van der Waals surface area (Å²) in [4.78, 5) is 34.7. The van der Waals surface area contributed by atoms with E-state index in [0.29, 0.717) is 22.3 Å². The monoisotopic (exact) mass is 366 g/mol. The van der Waals surface area contributed by atoms with Crippen LogP contribution in [0.3, 0.4) is 0 Å². The molecule has 0 saturated carbocycles. The van der Waals surface area contributed by atoms with E-state index in [-0.39, 0.29) is 11.6 Å². The number of nitrogens with zero attached hydrogens (tertiary/aromatic N) is 4. The quantitative estimate of drug-likeness (QED) is 0.570. The van der Waals surface area contributed by atoms with Gasteiger partial charge in [-0.1, -0.05) is 0 Å². The summed E-state index contributed by atoms with van der Waals surface area (Å²) < 4.78 is 2.14. The molecule has 0 unspecified atom stereocenters. The molecule has 1 fully saturated rings. The van der Waals surface area contributed by atoms with Gasteiger partial charge in [-0.05, 0) is 52.5 Å². The van der Waals surface area contributed by atoms with Crippen LogP contribution in [0.15, 0.2) is 24.7 Å². The number of aromatic nitrogens is 2. The van der Waals surface area contributed by atoms with Gasteiger partial charge in [0.15, 0.2) is 11.6 Å². The van der Waals surface area contributed by atoms with Gasteiger partial charge in [0.2, 0.25) is 0 Å². The fourth-order valence-corrected chi connectivity index (χ4v) is 3.87. The van der Waals surface area contributed by atoms with Crippen LogP contribution in [-0.2, 0) is 13.0 Å². The maximum atomic E-state index is 13.2. The molecule has 0 amide bonds. The van der Waals surface area contributed by atoms with Gasteiger partial charge < -0.3 is 14.4 Å². The molecule has 3 heterocycles. The lowest BCUT2D eigenvalue weighted by Gasteiger charge is -2.16. The summed E-state index contributed by atoms with van der Waals surface area (Å²) in [5.74, 6) is -0.110. The molecule has 6 nitrogen and oxygen atoms in total. The van der Waals surface area contributed by atoms with Crippen LogP contribution in [0, 0.1) is 0 Å². The first-order valence-electron chi connectivity index (χ1n) is 9.68. The van der Waals surface area contributed by atoms with Crippen LogP contribution in [0.5, 0.6) is 0 Å². The molecule has 142 valence electrons. The number of fused-ring (bicyclic) bond motifs is 2. The lowest BCUT2D eigenvalue weighted by atomic mass is 9.86. The van der Waals surface area contributed by atoms with Crippen molar-refractivity contribution in [2.75, 3.05) is 40.3 Å². The fourth-order valence-electron chi connectivity index (χ4n) is 3.87. The molecule has 0 bridgehead atoms. The van der Waals surface area contributed by atoms with E-state index in [0.717, 1.165) is 44.6 Å². The second kappa shape index (κ2) is 7.37. The van der Waals surface area contributed by atoms with Crippen LogP contribution in [0.25, 0.3) is 0 Å². The summed E-state index contributed by atoms with van der Waals surface area (Å²) in [5.41, 5.74) is 3.10. The predicted octanol–water partition coefficient (Wildman–Crippen LogP) is 1.86. The van der Waals surface area contributed by atoms with Gasteiger partial charge >= 0.3 is 0 Å². The third-order valence-electron chi connectivity index (χ3n) is 5.40. The van der Waals surface area contributed by atoms with Crippen molar-refractivity contribution in [2.45, 2.75) is 25.8 Å². The highest BCUT2D eigenvalue weighted by Crippen LogP contribution is 2.31. The molecule has 6 heteroatoms. The Labute approximate surface area is 159 Å². The summed E-state index contributed by atoms with van der Waals surface area (Å²) >= 11 is 0. The molecule has 0 spiro atoms. The topological polar surface area (TPSA) is 58.2 Å². The van der Waals surface area contributed by atoms with Crippen LogP contribution in [-0.4, -0.2) is 71.2 Å². The molecule has 0 N–H and O–H groups in total. The van der Waals surface area contributed by atoms with E-state index < -0.39 is 0 Å². The van der Waals surface area contributed by atoms with Gasteiger partial charge in [-0.15, -0.1) is 0 Å². The van der Waals surface area contributed by atoms with E-state index in [1.54, 1.807) is 12.3 Å². The lowest BCUT2D eigenvalue weighted by molar-refractivity contribution is 0.0979. The van der Waals surface area contributed by atoms with Gasteiger partial charge in [-0.25, -0.2) is 0 Å². The van der Waals surface area contributed by atoms with Crippen molar-refractivity contribution in [3.05, 3.63) is 52.6 Å². The van der Waals surface area contributed by atoms with E-state index >= 15 is 0 Å². The number of rotatable bonds is 8. The van der Waals surface area contributed by atoms with Crippen LogP contribution < -0.4 is 0 Å². The molecule has 1 saturated heterocycles. The molecule has 2 aliphatic rings. The van der Waals surface area contributed by atoms with Crippen molar-refractivity contribution < 1.29 is 9.59 Å². The Bertz CT molecular complexity index is 880. The molecule has 1 aliphatic heterocycles. The van der Waals surface area contributed by atoms with Crippen LogP contribution in [0.1, 0.15) is 50.4 Å². The molecule has 2 aromatic rings. The summed E-state index contributed by atoms with van der Waals surface area (Å²) in [5, 5.41) is 0. The number of hydrogen-bond donors (Lipinski definition) is 0. The van der Waals surface area contributed by atoms with E-state index in [1.807, 2.05) is 6.20 Å². The van der Waals surface area contributed by atoms with E-state index in [2.05, 4.69) is 33.4 Å². The highest BCUT2D eigenvalue weighted by molar-refractivity contribution is 6.28. The summed E-state index contributed by atoms with van der Waals surface area (Å²) in [7, 11) is 4.12. The lowest BCUT2D eigenvalue weighted by Crippen LogP contribution is -2.21. The first kappa shape index (κ1) is 18.1. The Kier molecular flexibility index (Phi) is 4.93. The van der Waals surface area contributed by atoms with E-state index in [1.165, 1.54) is 19.3 Å². The zero-order valence-corrected chi connectivity index (χ0v) is 16.1. The Hall–Kier alpha value is -2.31. The standard InChI is InChI=1S/C21H26N4O2/c1-23(2)8-4-10-25-14-17-19(18(25)5-3-9-24-11-12-24)21(27)15-6-7-22-13-16(15)20(17)26/h6-7,13-14H,3-5,8-12H2,1-2H3. The molecule has 0 radical (unpaired) electrons. The van der Waals surface area contributed by atoms with Gasteiger partial charge in [0.05, 0.1) is 16.7 Å². The average molecular weight is 366 g/mol. The smallest absolute Gasteiger partial charge is 0.197 e. The molecular formula is C21H26N4O2. The Morgan fingerprint density at radius 2 is 1.85 bits per heavy atom. The highest BCUT2D eigenvalue weighted by atomic mass is 16.1. The number of hydrogen-bond acceptors (Lipinski definition) is 5. The van der Waals surface area contributed by atoms with Gasteiger partial charge in [-0.2, -0.15) is 0 Å². The number of ketones is 2. The van der Waals surface area contributed by atoms with Crippen LogP contribution >= 0.6 is 0 Å². The minimum absolute atomic E-state index is 0.0323. The molecular weight excluding hydrogens is 340 g/mol. The van der Waals surface area contributed by atoms with Gasteiger partial charge in [0.1, 0.15) is 0 Å². The number of pyridine rings is 1. The van der Waals surface area contributed by atoms with Crippen molar-refractivity contribution in [1.29, 1.82) is 0 Å². The number of carbonyl (C=O) groups excluding carboxylic acids is 2. The predicted molar refractivity (Wildman–Crippen MR) is 103 cm³/mol. The molecule has 27 heavy (non-hydrogen) atoms. The summed E-state index contributed by atoms with van der Waals surface area (Å²) in [6.07, 6.45) is 7.82. The summed E-state index contributed by atoms with van der Waals surface area (Å²) in [6, 6.07) is 1.67. The van der Waals surface area contributed by atoms with E-state index in [9.17, 15) is 9.59 Å². The highest BCUT2D eigenvalue weighted by Gasteiger charge is 2.34.